The molecule has 4 heteroatoms. The highest BCUT2D eigenvalue weighted by Crippen LogP contribution is 2.26. The summed E-state index contributed by atoms with van der Waals surface area (Å²) in [5, 5.41) is 4.96. The molecular formula is C17H17Cl2NO. The summed E-state index contributed by atoms with van der Waals surface area (Å²) in [5.41, 5.74) is 2.19. The van der Waals surface area contributed by atoms with Crippen molar-refractivity contribution < 1.29 is 4.74 Å². The Hall–Kier alpha value is -1.22. The van der Waals surface area contributed by atoms with Gasteiger partial charge in [0.1, 0.15) is 12.4 Å². The molecule has 0 spiro atoms. The van der Waals surface area contributed by atoms with Crippen LogP contribution in [0.1, 0.15) is 24.0 Å². The van der Waals surface area contributed by atoms with E-state index in [0.29, 0.717) is 12.6 Å². The van der Waals surface area contributed by atoms with Gasteiger partial charge in [-0.2, -0.15) is 0 Å². The van der Waals surface area contributed by atoms with Crippen LogP contribution in [0, 0.1) is 0 Å². The van der Waals surface area contributed by atoms with E-state index in [1.54, 1.807) is 0 Å². The molecule has 0 heterocycles. The maximum atomic E-state index is 6.08. The molecule has 0 aromatic heterocycles. The minimum atomic E-state index is 0.523. The highest BCUT2D eigenvalue weighted by atomic mass is 35.5. The van der Waals surface area contributed by atoms with E-state index in [2.05, 4.69) is 5.32 Å². The maximum Gasteiger partial charge on any atom is 0.124 e. The third-order valence-electron chi connectivity index (χ3n) is 3.49. The minimum Gasteiger partial charge on any atom is -0.489 e. The second-order valence-corrected chi connectivity index (χ2v) is 6.20. The van der Waals surface area contributed by atoms with E-state index < -0.39 is 0 Å². The van der Waals surface area contributed by atoms with Gasteiger partial charge in [-0.25, -0.2) is 0 Å². The number of nitrogens with one attached hydrogen (secondary N) is 1. The van der Waals surface area contributed by atoms with Crippen molar-refractivity contribution >= 4 is 23.2 Å². The van der Waals surface area contributed by atoms with E-state index in [0.717, 1.165) is 33.5 Å². The summed E-state index contributed by atoms with van der Waals surface area (Å²) in [6, 6.07) is 14.1. The first kappa shape index (κ1) is 14.7. The monoisotopic (exact) mass is 321 g/mol. The predicted molar refractivity (Wildman–Crippen MR) is 87.1 cm³/mol. The smallest absolute Gasteiger partial charge is 0.124 e. The van der Waals surface area contributed by atoms with Crippen LogP contribution in [0.4, 0.5) is 0 Å². The Morgan fingerprint density at radius 1 is 1.00 bits per heavy atom. The molecule has 3 rings (SSSR count). The topological polar surface area (TPSA) is 21.3 Å². The van der Waals surface area contributed by atoms with E-state index in [-0.39, 0.29) is 0 Å². The first-order chi connectivity index (χ1) is 10.2. The number of hydrogen-bond donors (Lipinski definition) is 1. The lowest BCUT2D eigenvalue weighted by molar-refractivity contribution is 0.302. The average molecular weight is 322 g/mol. The lowest BCUT2D eigenvalue weighted by atomic mass is 10.2. The molecule has 2 aromatic carbocycles. The van der Waals surface area contributed by atoms with Crippen LogP contribution in [-0.4, -0.2) is 6.04 Å². The van der Waals surface area contributed by atoms with Crippen molar-refractivity contribution in [3.05, 3.63) is 63.6 Å². The molecule has 0 atom stereocenters. The molecular weight excluding hydrogens is 305 g/mol. The number of rotatable bonds is 6. The van der Waals surface area contributed by atoms with Gasteiger partial charge in [0.2, 0.25) is 0 Å². The van der Waals surface area contributed by atoms with Gasteiger partial charge in [-0.1, -0.05) is 35.3 Å². The average Bonchev–Trinajstić information content (AvgIpc) is 3.30. The molecule has 21 heavy (non-hydrogen) atoms. The maximum absolute atomic E-state index is 6.08. The molecule has 2 aromatic rings. The predicted octanol–water partition coefficient (Wildman–Crippen LogP) is 4.82. The van der Waals surface area contributed by atoms with Crippen molar-refractivity contribution in [2.24, 2.45) is 0 Å². The van der Waals surface area contributed by atoms with Crippen LogP contribution in [0.2, 0.25) is 10.0 Å². The molecule has 0 bridgehead atoms. The van der Waals surface area contributed by atoms with Crippen LogP contribution in [0.15, 0.2) is 42.5 Å². The summed E-state index contributed by atoms with van der Waals surface area (Å²) in [4.78, 5) is 0. The molecule has 1 aliphatic carbocycles. The van der Waals surface area contributed by atoms with Crippen molar-refractivity contribution in [3.8, 4) is 5.75 Å². The van der Waals surface area contributed by atoms with Gasteiger partial charge in [0.05, 0.1) is 0 Å². The second kappa shape index (κ2) is 6.69. The lowest BCUT2D eigenvalue weighted by Gasteiger charge is -2.13. The summed E-state index contributed by atoms with van der Waals surface area (Å²) in [7, 11) is 0. The molecule has 0 aliphatic heterocycles. The molecule has 1 aliphatic rings. The molecule has 0 unspecified atom stereocenters. The van der Waals surface area contributed by atoms with Gasteiger partial charge in [-0.05, 0) is 48.7 Å². The fourth-order valence-corrected chi connectivity index (χ4v) is 2.43. The Bertz CT molecular complexity index is 609. The fraction of sp³-hybridized carbons (Fsp3) is 0.294. The standard InChI is InChI=1S/C17H17Cl2NO/c18-14-3-1-12(2-4-14)11-21-17-8-5-15(19)9-13(17)10-20-16-6-7-16/h1-5,8-9,16,20H,6-7,10-11H2. The first-order valence-electron chi connectivity index (χ1n) is 7.10. The van der Waals surface area contributed by atoms with E-state index in [1.807, 2.05) is 42.5 Å². The molecule has 2 nitrogen and oxygen atoms in total. The van der Waals surface area contributed by atoms with Gasteiger partial charge in [0, 0.05) is 28.2 Å². The van der Waals surface area contributed by atoms with Crippen molar-refractivity contribution in [3.63, 3.8) is 0 Å². The van der Waals surface area contributed by atoms with Crippen LogP contribution in [0.3, 0.4) is 0 Å². The Balaban J connectivity index is 1.66. The Kier molecular flexibility index (Phi) is 4.69. The van der Waals surface area contributed by atoms with E-state index in [1.165, 1.54) is 12.8 Å². The largest absolute Gasteiger partial charge is 0.489 e. The Labute approximate surface area is 135 Å². The third-order valence-corrected chi connectivity index (χ3v) is 3.98. The Morgan fingerprint density at radius 2 is 1.71 bits per heavy atom. The highest BCUT2D eigenvalue weighted by Gasteiger charge is 2.20. The number of benzene rings is 2. The zero-order valence-corrected chi connectivity index (χ0v) is 13.1. The zero-order valence-electron chi connectivity index (χ0n) is 11.6. The van der Waals surface area contributed by atoms with Crippen LogP contribution < -0.4 is 10.1 Å². The molecule has 1 N–H and O–H groups in total. The SMILES string of the molecule is Clc1ccc(COc2ccc(Cl)cc2CNC2CC2)cc1. The number of hydrogen-bond acceptors (Lipinski definition) is 2. The zero-order chi connectivity index (χ0) is 14.7. The molecule has 1 saturated carbocycles. The van der Waals surface area contributed by atoms with Crippen molar-refractivity contribution in [2.75, 3.05) is 0 Å². The Morgan fingerprint density at radius 3 is 2.43 bits per heavy atom. The minimum absolute atomic E-state index is 0.523. The molecule has 0 amide bonds. The van der Waals surface area contributed by atoms with E-state index in [4.69, 9.17) is 27.9 Å². The van der Waals surface area contributed by atoms with Crippen LogP contribution >= 0.6 is 23.2 Å². The van der Waals surface area contributed by atoms with E-state index >= 15 is 0 Å². The molecule has 0 radical (unpaired) electrons. The van der Waals surface area contributed by atoms with Gasteiger partial charge >= 0.3 is 0 Å². The molecule has 0 saturated heterocycles. The second-order valence-electron chi connectivity index (χ2n) is 5.32. The van der Waals surface area contributed by atoms with Crippen molar-refractivity contribution in [1.29, 1.82) is 0 Å². The summed E-state index contributed by atoms with van der Waals surface area (Å²) >= 11 is 12.0. The highest BCUT2D eigenvalue weighted by molar-refractivity contribution is 6.30. The summed E-state index contributed by atoms with van der Waals surface area (Å²) < 4.78 is 5.93. The first-order valence-corrected chi connectivity index (χ1v) is 7.85. The normalized spacial score (nSPS) is 14.2. The molecule has 110 valence electrons. The van der Waals surface area contributed by atoms with E-state index in [9.17, 15) is 0 Å². The van der Waals surface area contributed by atoms with Gasteiger partial charge in [0.15, 0.2) is 0 Å². The summed E-state index contributed by atoms with van der Waals surface area (Å²) in [5.74, 6) is 0.877. The number of halogens is 2. The fourth-order valence-electron chi connectivity index (χ4n) is 2.11. The van der Waals surface area contributed by atoms with Crippen molar-refractivity contribution in [2.45, 2.75) is 32.0 Å². The van der Waals surface area contributed by atoms with Gasteiger partial charge in [-0.15, -0.1) is 0 Å². The van der Waals surface area contributed by atoms with Gasteiger partial charge in [0.25, 0.3) is 0 Å². The summed E-state index contributed by atoms with van der Waals surface area (Å²) in [6.45, 7) is 1.32. The lowest BCUT2D eigenvalue weighted by Crippen LogP contribution is -2.16. The quantitative estimate of drug-likeness (QED) is 0.823. The van der Waals surface area contributed by atoms with Crippen LogP contribution in [0.25, 0.3) is 0 Å². The van der Waals surface area contributed by atoms with Crippen LogP contribution in [0.5, 0.6) is 5.75 Å². The summed E-state index contributed by atoms with van der Waals surface area (Å²) in [6.07, 6.45) is 2.53. The number of ether oxygens (including phenoxy) is 1. The van der Waals surface area contributed by atoms with Crippen molar-refractivity contribution in [1.82, 2.24) is 5.32 Å². The van der Waals surface area contributed by atoms with Crippen LogP contribution in [-0.2, 0) is 13.2 Å². The van der Waals surface area contributed by atoms with Gasteiger partial charge < -0.3 is 10.1 Å². The molecule has 1 fully saturated rings. The van der Waals surface area contributed by atoms with Gasteiger partial charge in [-0.3, -0.25) is 0 Å². The third kappa shape index (κ3) is 4.37.